The van der Waals surface area contributed by atoms with Crippen LogP contribution in [0.25, 0.3) is 0 Å². The first-order valence-electron chi connectivity index (χ1n) is 9.50. The van der Waals surface area contributed by atoms with Gasteiger partial charge in [0.25, 0.3) is 6.57 Å². The minimum absolute atomic E-state index is 0.169. The van der Waals surface area contributed by atoms with Gasteiger partial charge in [0, 0.05) is 37.7 Å². The maximum Gasteiger partial charge on any atom is 0.364 e. The summed E-state index contributed by atoms with van der Waals surface area (Å²) in [5.74, 6) is 0.865. The molecule has 0 aromatic heterocycles. The molecular weight excluding hydrogens is 407 g/mol. The Morgan fingerprint density at radius 2 is 1.48 bits per heavy atom. The van der Waals surface area contributed by atoms with Crippen molar-refractivity contribution in [2.75, 3.05) is 32.2 Å². The molecule has 0 aromatic rings. The van der Waals surface area contributed by atoms with Gasteiger partial charge in [-0.25, -0.2) is 0 Å². The Morgan fingerprint density at radius 1 is 1.04 bits per heavy atom. The number of hydrogen-bond donors (Lipinski definition) is 0. The van der Waals surface area contributed by atoms with E-state index in [-0.39, 0.29) is 11.5 Å². The fourth-order valence-corrected chi connectivity index (χ4v) is 5.97. The topological polar surface area (TPSA) is 55.8 Å². The first-order valence-corrected chi connectivity index (χ1v) is 15.1. The van der Waals surface area contributed by atoms with Gasteiger partial charge in [0.2, 0.25) is 0 Å². The molecular formula is C18H42FNO4P2S. The summed E-state index contributed by atoms with van der Waals surface area (Å²) >= 11 is 1.46. The van der Waals surface area contributed by atoms with Crippen LogP contribution in [0.1, 0.15) is 62.3 Å². The molecule has 0 radical (unpaired) electrons. The van der Waals surface area contributed by atoms with E-state index in [9.17, 15) is 13.3 Å². The van der Waals surface area contributed by atoms with Gasteiger partial charge in [-0.15, -0.1) is 0 Å². The monoisotopic (exact) mass is 449 g/mol. The van der Waals surface area contributed by atoms with Gasteiger partial charge in [-0.3, -0.25) is 14.0 Å². The summed E-state index contributed by atoms with van der Waals surface area (Å²) in [6.07, 6.45) is -0.330. The molecule has 0 saturated carbocycles. The lowest BCUT2D eigenvalue weighted by molar-refractivity contribution is 0.0989. The van der Waals surface area contributed by atoms with Gasteiger partial charge in [-0.05, 0) is 47.0 Å². The molecule has 0 rings (SSSR count). The Labute approximate surface area is 171 Å². The summed E-state index contributed by atoms with van der Waals surface area (Å²) in [6.45, 7) is 19.9. The molecule has 0 saturated heterocycles. The molecule has 0 heterocycles. The standard InChI is InChI=1S/C11H26NO2PS.C7H16FO2P/c1-7-14-15(6,13)16-9-8-12(10(2)3)11(4)5;1-6(7(2,3)4)10-11(5,8)9/h10-11H,7-9H2,1-6H3;6H,1-5H3. The Hall–Kier alpha value is 0.620. The largest absolute Gasteiger partial charge is 0.364 e. The fourth-order valence-electron chi connectivity index (χ4n) is 2.14. The molecule has 0 spiro atoms. The van der Waals surface area contributed by atoms with Crippen molar-refractivity contribution >= 4 is 25.6 Å². The van der Waals surface area contributed by atoms with Crippen LogP contribution in [0.2, 0.25) is 0 Å². The first kappa shape index (κ1) is 29.8. The third-order valence-corrected chi connectivity index (χ3v) is 8.46. The van der Waals surface area contributed by atoms with Crippen LogP contribution in [0.15, 0.2) is 0 Å². The van der Waals surface area contributed by atoms with E-state index in [1.54, 1.807) is 13.6 Å². The Bertz CT molecular complexity index is 484. The highest BCUT2D eigenvalue weighted by Crippen LogP contribution is 2.55. The summed E-state index contributed by atoms with van der Waals surface area (Å²) in [4.78, 5) is 2.40. The van der Waals surface area contributed by atoms with Crippen LogP contribution in [0.5, 0.6) is 0 Å². The Kier molecular flexibility index (Phi) is 14.4. The molecule has 3 atom stereocenters. The molecule has 0 bridgehead atoms. The molecule has 9 heteroatoms. The van der Waals surface area contributed by atoms with Crippen LogP contribution >= 0.6 is 25.6 Å². The van der Waals surface area contributed by atoms with Gasteiger partial charge in [0.1, 0.15) is 0 Å². The quantitative estimate of drug-likeness (QED) is 0.337. The highest BCUT2D eigenvalue weighted by Gasteiger charge is 2.27. The van der Waals surface area contributed by atoms with Crippen molar-refractivity contribution in [1.29, 1.82) is 0 Å². The lowest BCUT2D eigenvalue weighted by Gasteiger charge is -2.30. The van der Waals surface area contributed by atoms with E-state index in [0.29, 0.717) is 18.7 Å². The lowest BCUT2D eigenvalue weighted by atomic mass is 9.91. The molecule has 3 unspecified atom stereocenters. The SMILES string of the molecule is CC(OP(C)(=O)F)C(C)(C)C.CCOP(C)(=O)SCCN(C(C)C)C(C)C. The van der Waals surface area contributed by atoms with Crippen LogP contribution in [0.4, 0.5) is 4.20 Å². The summed E-state index contributed by atoms with van der Waals surface area (Å²) in [6, 6.07) is 1.06. The second-order valence-electron chi connectivity index (χ2n) is 8.31. The zero-order valence-electron chi connectivity index (χ0n) is 19.1. The van der Waals surface area contributed by atoms with Crippen LogP contribution in [0, 0.1) is 5.41 Å². The highest BCUT2D eigenvalue weighted by molar-refractivity contribution is 8.56. The minimum atomic E-state index is -3.82. The second-order valence-corrected chi connectivity index (χ2v) is 15.2. The van der Waals surface area contributed by atoms with E-state index >= 15 is 0 Å². The van der Waals surface area contributed by atoms with Crippen molar-refractivity contribution in [3.63, 3.8) is 0 Å². The average molecular weight is 450 g/mol. The average Bonchev–Trinajstić information content (AvgIpc) is 2.40. The highest BCUT2D eigenvalue weighted by atomic mass is 32.7. The van der Waals surface area contributed by atoms with E-state index in [4.69, 9.17) is 9.05 Å². The van der Waals surface area contributed by atoms with Crippen molar-refractivity contribution in [1.82, 2.24) is 4.90 Å². The Morgan fingerprint density at radius 3 is 1.74 bits per heavy atom. The number of nitrogens with zero attached hydrogens (tertiary/aromatic N) is 1. The fraction of sp³-hybridized carbons (Fsp3) is 1.00. The molecule has 0 aliphatic rings. The van der Waals surface area contributed by atoms with Crippen molar-refractivity contribution in [3.05, 3.63) is 0 Å². The molecule has 0 aromatic carbocycles. The predicted octanol–water partition coefficient (Wildman–Crippen LogP) is 6.93. The van der Waals surface area contributed by atoms with Crippen molar-refractivity contribution < 1.29 is 22.4 Å². The third kappa shape index (κ3) is 17.2. The molecule has 0 aliphatic carbocycles. The predicted molar refractivity (Wildman–Crippen MR) is 119 cm³/mol. The van der Waals surface area contributed by atoms with Crippen LogP contribution in [-0.4, -0.2) is 55.3 Å². The van der Waals surface area contributed by atoms with Gasteiger partial charge < -0.3 is 9.05 Å². The summed E-state index contributed by atoms with van der Waals surface area (Å²) in [5.41, 5.74) is -0.169. The van der Waals surface area contributed by atoms with E-state index in [1.807, 2.05) is 27.7 Å². The van der Waals surface area contributed by atoms with Crippen LogP contribution in [0.3, 0.4) is 0 Å². The zero-order chi connectivity index (χ0) is 22.1. The first-order chi connectivity index (χ1) is 11.9. The molecule has 0 N–H and O–H groups in total. The van der Waals surface area contributed by atoms with Crippen LogP contribution < -0.4 is 0 Å². The van der Waals surface area contributed by atoms with E-state index in [0.717, 1.165) is 19.0 Å². The van der Waals surface area contributed by atoms with E-state index in [2.05, 4.69) is 32.6 Å². The molecule has 5 nitrogen and oxygen atoms in total. The number of hydrogen-bond acceptors (Lipinski definition) is 6. The Balaban J connectivity index is 0. The van der Waals surface area contributed by atoms with Gasteiger partial charge in [-0.2, -0.15) is 4.20 Å². The van der Waals surface area contributed by atoms with Gasteiger partial charge >= 0.3 is 7.68 Å². The lowest BCUT2D eigenvalue weighted by Crippen LogP contribution is -2.38. The molecule has 27 heavy (non-hydrogen) atoms. The molecule has 0 amide bonds. The minimum Gasteiger partial charge on any atom is -0.322 e. The zero-order valence-corrected chi connectivity index (χ0v) is 21.7. The second kappa shape index (κ2) is 13.0. The molecule has 0 aliphatic heterocycles. The van der Waals surface area contributed by atoms with Crippen LogP contribution in [-0.2, 0) is 18.2 Å². The molecule has 0 fully saturated rings. The van der Waals surface area contributed by atoms with Crippen molar-refractivity contribution in [3.8, 4) is 0 Å². The van der Waals surface area contributed by atoms with Crippen molar-refractivity contribution in [2.24, 2.45) is 5.41 Å². The summed E-state index contributed by atoms with van der Waals surface area (Å²) < 4.78 is 44.9. The summed E-state index contributed by atoms with van der Waals surface area (Å²) in [5, 5.41) is 0. The third-order valence-electron chi connectivity index (χ3n) is 3.93. The molecule has 166 valence electrons. The number of halogens is 1. The smallest absolute Gasteiger partial charge is 0.322 e. The van der Waals surface area contributed by atoms with Gasteiger partial charge in [0.05, 0.1) is 12.7 Å². The van der Waals surface area contributed by atoms with Crippen molar-refractivity contribution in [2.45, 2.75) is 80.5 Å². The van der Waals surface area contributed by atoms with E-state index < -0.39 is 14.3 Å². The maximum absolute atomic E-state index is 12.5. The maximum atomic E-state index is 12.5. The van der Waals surface area contributed by atoms with E-state index in [1.165, 1.54) is 11.4 Å². The number of rotatable bonds is 10. The summed E-state index contributed by atoms with van der Waals surface area (Å²) in [7, 11) is -3.82. The van der Waals surface area contributed by atoms with Gasteiger partial charge in [0.15, 0.2) is 0 Å². The van der Waals surface area contributed by atoms with Gasteiger partial charge in [-0.1, -0.05) is 32.2 Å². The normalized spacial score (nSPS) is 18.0.